The Morgan fingerprint density at radius 1 is 1.38 bits per heavy atom. The highest BCUT2D eigenvalue weighted by atomic mass is 15.2. The van der Waals surface area contributed by atoms with Gasteiger partial charge >= 0.3 is 0 Å². The molecule has 0 aliphatic carbocycles. The molecule has 0 aliphatic rings. The maximum Gasteiger partial charge on any atom is 0.202 e. The van der Waals surface area contributed by atoms with Gasteiger partial charge in [0.2, 0.25) is 5.95 Å². The van der Waals surface area contributed by atoms with Gasteiger partial charge < -0.3 is 14.8 Å². The van der Waals surface area contributed by atoms with Gasteiger partial charge in [-0.05, 0) is 33.0 Å². The van der Waals surface area contributed by atoms with Crippen molar-refractivity contribution in [3.05, 3.63) is 11.9 Å². The maximum absolute atomic E-state index is 4.41. The van der Waals surface area contributed by atoms with Crippen molar-refractivity contribution in [2.45, 2.75) is 33.7 Å². The van der Waals surface area contributed by atoms with Gasteiger partial charge in [-0.1, -0.05) is 13.8 Å². The number of nitrogens with zero attached hydrogens (tertiary/aromatic N) is 3. The number of imidazole rings is 1. The highest BCUT2D eigenvalue weighted by Gasteiger charge is 2.04. The highest BCUT2D eigenvalue weighted by molar-refractivity contribution is 5.27. The largest absolute Gasteiger partial charge is 0.359 e. The third-order valence-corrected chi connectivity index (χ3v) is 2.89. The van der Waals surface area contributed by atoms with Crippen LogP contribution in [0.2, 0.25) is 0 Å². The Hall–Kier alpha value is -1.03. The van der Waals surface area contributed by atoms with Crippen LogP contribution in [-0.2, 0) is 6.54 Å². The van der Waals surface area contributed by atoms with Crippen LogP contribution in [0.5, 0.6) is 0 Å². The summed E-state index contributed by atoms with van der Waals surface area (Å²) in [6, 6.07) is 0. The van der Waals surface area contributed by atoms with Gasteiger partial charge in [0.05, 0.1) is 5.69 Å². The van der Waals surface area contributed by atoms with Crippen LogP contribution in [0.1, 0.15) is 26.0 Å². The molecule has 92 valence electrons. The Morgan fingerprint density at radius 2 is 2.06 bits per heavy atom. The second kappa shape index (κ2) is 6.53. The van der Waals surface area contributed by atoms with Gasteiger partial charge in [-0.25, -0.2) is 4.98 Å². The molecule has 1 aromatic heterocycles. The van der Waals surface area contributed by atoms with E-state index in [4.69, 9.17) is 0 Å². The number of rotatable bonds is 7. The minimum Gasteiger partial charge on any atom is -0.359 e. The van der Waals surface area contributed by atoms with Crippen LogP contribution in [0.4, 0.5) is 5.95 Å². The van der Waals surface area contributed by atoms with E-state index in [-0.39, 0.29) is 0 Å². The van der Waals surface area contributed by atoms with Crippen molar-refractivity contribution in [1.82, 2.24) is 14.5 Å². The van der Waals surface area contributed by atoms with Crippen molar-refractivity contribution in [2.75, 3.05) is 32.0 Å². The molecule has 0 bridgehead atoms. The molecular weight excluding hydrogens is 200 g/mol. The second-order valence-electron chi connectivity index (χ2n) is 4.03. The fourth-order valence-corrected chi connectivity index (χ4v) is 1.92. The summed E-state index contributed by atoms with van der Waals surface area (Å²) in [5, 5.41) is 3.12. The van der Waals surface area contributed by atoms with Gasteiger partial charge in [0, 0.05) is 19.8 Å². The molecule has 0 unspecified atom stereocenters. The predicted octanol–water partition coefficient (Wildman–Crippen LogP) is 1.97. The molecule has 1 rings (SSSR count). The molecule has 0 fully saturated rings. The molecule has 0 saturated heterocycles. The summed E-state index contributed by atoms with van der Waals surface area (Å²) in [5.74, 6) is 0.969. The van der Waals surface area contributed by atoms with Crippen molar-refractivity contribution < 1.29 is 0 Å². The number of hydrogen-bond donors (Lipinski definition) is 1. The minimum atomic E-state index is 0.969. The number of hydrogen-bond acceptors (Lipinski definition) is 3. The summed E-state index contributed by atoms with van der Waals surface area (Å²) in [4.78, 5) is 6.85. The van der Waals surface area contributed by atoms with Gasteiger partial charge in [-0.3, -0.25) is 0 Å². The third-order valence-electron chi connectivity index (χ3n) is 2.89. The summed E-state index contributed by atoms with van der Waals surface area (Å²) in [7, 11) is 1.92. The average molecular weight is 224 g/mol. The normalized spacial score (nSPS) is 11.1. The molecule has 0 amide bonds. The topological polar surface area (TPSA) is 33.1 Å². The fraction of sp³-hybridized carbons (Fsp3) is 0.750. The lowest BCUT2D eigenvalue weighted by Gasteiger charge is -2.18. The maximum atomic E-state index is 4.41. The van der Waals surface area contributed by atoms with Gasteiger partial charge in [0.15, 0.2) is 0 Å². The first-order valence-corrected chi connectivity index (χ1v) is 6.15. The quantitative estimate of drug-likeness (QED) is 0.768. The van der Waals surface area contributed by atoms with Crippen molar-refractivity contribution in [3.63, 3.8) is 0 Å². The molecule has 0 radical (unpaired) electrons. The Balaban J connectivity index is 2.41. The lowest BCUT2D eigenvalue weighted by molar-refractivity contribution is 0.293. The number of aromatic nitrogens is 2. The van der Waals surface area contributed by atoms with E-state index in [0.29, 0.717) is 0 Å². The van der Waals surface area contributed by atoms with Crippen LogP contribution >= 0.6 is 0 Å². The van der Waals surface area contributed by atoms with E-state index in [1.165, 1.54) is 6.42 Å². The molecule has 0 atom stereocenters. The van der Waals surface area contributed by atoms with Crippen molar-refractivity contribution in [3.8, 4) is 0 Å². The van der Waals surface area contributed by atoms with Gasteiger partial charge in [-0.2, -0.15) is 0 Å². The molecule has 0 aliphatic heterocycles. The molecule has 0 saturated carbocycles. The molecule has 4 heteroatoms. The Kier molecular flexibility index (Phi) is 5.32. The van der Waals surface area contributed by atoms with Crippen LogP contribution in [-0.4, -0.2) is 41.1 Å². The Morgan fingerprint density at radius 3 is 2.62 bits per heavy atom. The van der Waals surface area contributed by atoms with Gasteiger partial charge in [0.1, 0.15) is 0 Å². The molecule has 0 spiro atoms. The molecule has 1 aromatic rings. The van der Waals surface area contributed by atoms with E-state index >= 15 is 0 Å². The smallest absolute Gasteiger partial charge is 0.202 e. The zero-order valence-corrected chi connectivity index (χ0v) is 11.0. The highest BCUT2D eigenvalue weighted by Crippen LogP contribution is 2.08. The van der Waals surface area contributed by atoms with Crippen molar-refractivity contribution >= 4 is 5.95 Å². The summed E-state index contributed by atoms with van der Waals surface area (Å²) in [5.41, 5.74) is 1.08. The van der Waals surface area contributed by atoms with E-state index < -0.39 is 0 Å². The van der Waals surface area contributed by atoms with Crippen LogP contribution in [0.25, 0.3) is 0 Å². The molecular formula is C12H24N4. The van der Waals surface area contributed by atoms with E-state index in [9.17, 15) is 0 Å². The lowest BCUT2D eigenvalue weighted by Crippen LogP contribution is -2.24. The molecule has 1 heterocycles. The monoisotopic (exact) mass is 224 g/mol. The summed E-state index contributed by atoms with van der Waals surface area (Å²) < 4.78 is 2.19. The summed E-state index contributed by atoms with van der Waals surface area (Å²) in [6.45, 7) is 10.9. The molecule has 4 nitrogen and oxygen atoms in total. The first-order chi connectivity index (χ1) is 7.71. The number of anilines is 1. The standard InChI is InChI=1S/C12H24N4/c1-5-15(6-2)8-7-9-16-10-11(3)14-12(16)13-4/h10H,5-9H2,1-4H3,(H,13,14). The van der Waals surface area contributed by atoms with E-state index in [0.717, 1.165) is 37.8 Å². The van der Waals surface area contributed by atoms with Crippen LogP contribution in [0.15, 0.2) is 6.20 Å². The Bertz CT molecular complexity index is 302. The zero-order valence-electron chi connectivity index (χ0n) is 11.0. The van der Waals surface area contributed by atoms with E-state index in [1.54, 1.807) is 0 Å². The van der Waals surface area contributed by atoms with Gasteiger partial charge in [0.25, 0.3) is 0 Å². The van der Waals surface area contributed by atoms with E-state index in [1.807, 2.05) is 14.0 Å². The van der Waals surface area contributed by atoms with Crippen LogP contribution < -0.4 is 5.32 Å². The SMILES string of the molecule is CCN(CC)CCCn1cc(C)nc1NC. The van der Waals surface area contributed by atoms with Crippen LogP contribution in [0.3, 0.4) is 0 Å². The predicted molar refractivity (Wildman–Crippen MR) is 68.9 cm³/mol. The molecule has 1 N–H and O–H groups in total. The molecule has 16 heavy (non-hydrogen) atoms. The minimum absolute atomic E-state index is 0.969. The zero-order chi connectivity index (χ0) is 12.0. The lowest BCUT2D eigenvalue weighted by atomic mass is 10.3. The molecule has 0 aromatic carbocycles. The van der Waals surface area contributed by atoms with E-state index in [2.05, 4.69) is 39.8 Å². The van der Waals surface area contributed by atoms with Crippen LogP contribution in [0, 0.1) is 6.92 Å². The van der Waals surface area contributed by atoms with Crippen molar-refractivity contribution in [1.29, 1.82) is 0 Å². The van der Waals surface area contributed by atoms with Crippen molar-refractivity contribution in [2.24, 2.45) is 0 Å². The average Bonchev–Trinajstić information content (AvgIpc) is 2.65. The first-order valence-electron chi connectivity index (χ1n) is 6.15. The Labute approximate surface area is 98.7 Å². The van der Waals surface area contributed by atoms with Gasteiger partial charge in [-0.15, -0.1) is 0 Å². The fourth-order valence-electron chi connectivity index (χ4n) is 1.92. The second-order valence-corrected chi connectivity index (χ2v) is 4.03. The number of aryl methyl sites for hydroxylation is 2. The summed E-state index contributed by atoms with van der Waals surface area (Å²) in [6.07, 6.45) is 3.28. The number of nitrogens with one attached hydrogen (secondary N) is 1. The first kappa shape index (κ1) is 13.0. The third kappa shape index (κ3) is 3.52. The summed E-state index contributed by atoms with van der Waals surface area (Å²) >= 11 is 0.